The van der Waals surface area contributed by atoms with E-state index in [2.05, 4.69) is 19.9 Å². The van der Waals surface area contributed by atoms with Crippen molar-refractivity contribution in [3.63, 3.8) is 0 Å². The average Bonchev–Trinajstić information content (AvgIpc) is 3.06. The van der Waals surface area contributed by atoms with Crippen LogP contribution < -0.4 is 9.64 Å². The van der Waals surface area contributed by atoms with E-state index in [-0.39, 0.29) is 6.10 Å². The molecule has 5 nitrogen and oxygen atoms in total. The topological polar surface area (TPSA) is 51.1 Å². The lowest BCUT2D eigenvalue weighted by molar-refractivity contribution is 0.225. The fourth-order valence-corrected chi connectivity index (χ4v) is 3.08. The van der Waals surface area contributed by atoms with Gasteiger partial charge in [0.15, 0.2) is 5.65 Å². The molecule has 0 saturated carbocycles. The van der Waals surface area contributed by atoms with Crippen LogP contribution in [0.5, 0.6) is 5.75 Å². The van der Waals surface area contributed by atoms with Gasteiger partial charge in [-0.15, -0.1) is 0 Å². The molecule has 3 heterocycles. The van der Waals surface area contributed by atoms with Crippen molar-refractivity contribution in [1.82, 2.24) is 15.0 Å². The maximum atomic E-state index is 6.03. The number of rotatable bonds is 3. The van der Waals surface area contributed by atoms with Crippen molar-refractivity contribution in [2.24, 2.45) is 0 Å². The molecule has 1 aromatic carbocycles. The van der Waals surface area contributed by atoms with Crippen molar-refractivity contribution in [2.45, 2.75) is 12.5 Å². The molecular formula is C17H14Cl2N4O. The van der Waals surface area contributed by atoms with Gasteiger partial charge in [-0.05, 0) is 24.3 Å². The van der Waals surface area contributed by atoms with Gasteiger partial charge >= 0.3 is 0 Å². The number of ether oxygens (including phenoxy) is 1. The fourth-order valence-electron chi connectivity index (χ4n) is 2.80. The summed E-state index contributed by atoms with van der Waals surface area (Å²) >= 11 is 12.0. The van der Waals surface area contributed by atoms with E-state index in [4.69, 9.17) is 27.9 Å². The lowest BCUT2D eigenvalue weighted by atomic mass is 10.3. The van der Waals surface area contributed by atoms with Crippen LogP contribution in [-0.4, -0.2) is 34.1 Å². The lowest BCUT2D eigenvalue weighted by Crippen LogP contribution is -2.25. The van der Waals surface area contributed by atoms with Gasteiger partial charge in [-0.3, -0.25) is 4.98 Å². The van der Waals surface area contributed by atoms with Gasteiger partial charge in [0.25, 0.3) is 0 Å². The molecule has 4 rings (SSSR count). The minimum absolute atomic E-state index is 0.0848. The molecule has 0 spiro atoms. The Balaban J connectivity index is 1.47. The van der Waals surface area contributed by atoms with E-state index in [0.717, 1.165) is 36.6 Å². The number of benzene rings is 1. The molecule has 1 aliphatic heterocycles. The number of anilines is 1. The smallest absolute Gasteiger partial charge is 0.180 e. The summed E-state index contributed by atoms with van der Waals surface area (Å²) < 4.78 is 6.01. The lowest BCUT2D eigenvalue weighted by Gasteiger charge is -2.18. The Hall–Kier alpha value is -2.11. The summed E-state index contributed by atoms with van der Waals surface area (Å²) in [6.07, 6.45) is 4.32. The molecule has 3 aromatic rings. The summed E-state index contributed by atoms with van der Waals surface area (Å²) in [5.41, 5.74) is 1.45. The SMILES string of the molecule is Clc1ccc(OC2CCN(c3ccc4nccnc4n3)C2)cc1Cl. The van der Waals surface area contributed by atoms with Crippen LogP contribution in [0.1, 0.15) is 6.42 Å². The number of halogens is 2. The molecule has 122 valence electrons. The third kappa shape index (κ3) is 3.09. The first-order chi connectivity index (χ1) is 11.7. The molecule has 0 N–H and O–H groups in total. The Bertz CT molecular complexity index is 889. The third-order valence-corrected chi connectivity index (χ3v) is 4.72. The zero-order chi connectivity index (χ0) is 16.5. The van der Waals surface area contributed by atoms with E-state index < -0.39 is 0 Å². The van der Waals surface area contributed by atoms with Crippen LogP contribution in [0.2, 0.25) is 10.0 Å². The predicted molar refractivity (Wildman–Crippen MR) is 95.0 cm³/mol. The number of nitrogens with zero attached hydrogens (tertiary/aromatic N) is 4. The predicted octanol–water partition coefficient (Wildman–Crippen LogP) is 3.99. The van der Waals surface area contributed by atoms with Crippen LogP contribution in [0.4, 0.5) is 5.82 Å². The molecule has 2 aromatic heterocycles. The van der Waals surface area contributed by atoms with Gasteiger partial charge < -0.3 is 9.64 Å². The normalized spacial score (nSPS) is 17.4. The molecule has 0 radical (unpaired) electrons. The zero-order valence-electron chi connectivity index (χ0n) is 12.7. The summed E-state index contributed by atoms with van der Waals surface area (Å²) in [6.45, 7) is 1.64. The highest BCUT2D eigenvalue weighted by molar-refractivity contribution is 6.42. The van der Waals surface area contributed by atoms with E-state index in [9.17, 15) is 0 Å². The first-order valence-electron chi connectivity index (χ1n) is 7.63. The second-order valence-electron chi connectivity index (χ2n) is 5.62. The molecule has 1 saturated heterocycles. The highest BCUT2D eigenvalue weighted by Gasteiger charge is 2.25. The fraction of sp³-hybridized carbons (Fsp3) is 0.235. The summed E-state index contributed by atoms with van der Waals surface area (Å²) in [7, 11) is 0. The van der Waals surface area contributed by atoms with E-state index in [0.29, 0.717) is 15.7 Å². The van der Waals surface area contributed by atoms with Crippen molar-refractivity contribution in [2.75, 3.05) is 18.0 Å². The molecule has 1 unspecified atom stereocenters. The van der Waals surface area contributed by atoms with Crippen LogP contribution in [0.15, 0.2) is 42.7 Å². The molecule has 1 atom stereocenters. The second-order valence-corrected chi connectivity index (χ2v) is 6.43. The van der Waals surface area contributed by atoms with E-state index in [1.54, 1.807) is 24.5 Å². The minimum Gasteiger partial charge on any atom is -0.488 e. The number of hydrogen-bond donors (Lipinski definition) is 0. The van der Waals surface area contributed by atoms with Crippen LogP contribution in [0.3, 0.4) is 0 Å². The molecule has 0 aliphatic carbocycles. The van der Waals surface area contributed by atoms with Crippen LogP contribution in [-0.2, 0) is 0 Å². The van der Waals surface area contributed by atoms with Gasteiger partial charge in [0, 0.05) is 31.4 Å². The maximum Gasteiger partial charge on any atom is 0.180 e. The largest absolute Gasteiger partial charge is 0.488 e. The van der Waals surface area contributed by atoms with Gasteiger partial charge in [-0.1, -0.05) is 23.2 Å². The molecular weight excluding hydrogens is 347 g/mol. The molecule has 0 bridgehead atoms. The number of pyridine rings is 1. The van der Waals surface area contributed by atoms with E-state index >= 15 is 0 Å². The average molecular weight is 361 g/mol. The molecule has 24 heavy (non-hydrogen) atoms. The Morgan fingerprint density at radius 1 is 1.04 bits per heavy atom. The number of hydrogen-bond acceptors (Lipinski definition) is 5. The van der Waals surface area contributed by atoms with Gasteiger partial charge in [-0.2, -0.15) is 0 Å². The zero-order valence-corrected chi connectivity index (χ0v) is 14.2. The monoisotopic (exact) mass is 360 g/mol. The van der Waals surface area contributed by atoms with Crippen molar-refractivity contribution < 1.29 is 4.74 Å². The van der Waals surface area contributed by atoms with Crippen molar-refractivity contribution in [1.29, 1.82) is 0 Å². The molecule has 0 amide bonds. The standard InChI is InChI=1S/C17H14Cl2N4O/c18-13-2-1-11(9-14(13)19)24-12-5-8-23(10-12)16-4-3-15-17(22-16)21-7-6-20-15/h1-4,6-7,9,12H,5,8,10H2. The van der Waals surface area contributed by atoms with E-state index in [1.807, 2.05) is 18.2 Å². The van der Waals surface area contributed by atoms with Crippen molar-refractivity contribution in [3.8, 4) is 5.75 Å². The number of aromatic nitrogens is 3. The van der Waals surface area contributed by atoms with Crippen molar-refractivity contribution in [3.05, 3.63) is 52.8 Å². The van der Waals surface area contributed by atoms with Gasteiger partial charge in [0.05, 0.1) is 16.6 Å². The van der Waals surface area contributed by atoms with Gasteiger partial charge in [0.1, 0.15) is 23.2 Å². The summed E-state index contributed by atoms with van der Waals surface area (Å²) in [5, 5.41) is 1.03. The Kier molecular flexibility index (Phi) is 4.12. The highest BCUT2D eigenvalue weighted by Crippen LogP contribution is 2.29. The number of fused-ring (bicyclic) bond motifs is 1. The minimum atomic E-state index is 0.0848. The Morgan fingerprint density at radius 2 is 1.92 bits per heavy atom. The summed E-state index contributed by atoms with van der Waals surface area (Å²) in [6, 6.07) is 9.24. The first-order valence-corrected chi connectivity index (χ1v) is 8.39. The Labute approximate surface area is 149 Å². The molecule has 7 heteroatoms. The van der Waals surface area contributed by atoms with Crippen LogP contribution in [0, 0.1) is 0 Å². The third-order valence-electron chi connectivity index (χ3n) is 3.98. The van der Waals surface area contributed by atoms with Crippen LogP contribution >= 0.6 is 23.2 Å². The second kappa shape index (κ2) is 6.42. The van der Waals surface area contributed by atoms with Crippen LogP contribution in [0.25, 0.3) is 11.2 Å². The highest BCUT2D eigenvalue weighted by atomic mass is 35.5. The Morgan fingerprint density at radius 3 is 2.79 bits per heavy atom. The van der Waals surface area contributed by atoms with Gasteiger partial charge in [-0.25, -0.2) is 9.97 Å². The quantitative estimate of drug-likeness (QED) is 0.706. The maximum absolute atomic E-state index is 6.03. The summed E-state index contributed by atoms with van der Waals surface area (Å²) in [4.78, 5) is 15.3. The van der Waals surface area contributed by atoms with Crippen molar-refractivity contribution >= 4 is 40.2 Å². The summed E-state index contributed by atoms with van der Waals surface area (Å²) in [5.74, 6) is 1.62. The molecule has 1 fully saturated rings. The van der Waals surface area contributed by atoms with E-state index in [1.165, 1.54) is 0 Å². The first kappa shape index (κ1) is 15.4. The molecule has 1 aliphatic rings. The van der Waals surface area contributed by atoms with Gasteiger partial charge in [0.2, 0.25) is 0 Å².